The number of benzene rings is 2. The van der Waals surface area contributed by atoms with Gasteiger partial charge in [-0.3, -0.25) is 0 Å². The Labute approximate surface area is 129 Å². The second-order valence-electron chi connectivity index (χ2n) is 5.51. The Hall–Kier alpha value is -2.62. The molecule has 1 aromatic heterocycles. The molecule has 3 aromatic rings. The molecule has 112 valence electrons. The lowest BCUT2D eigenvalue weighted by Crippen LogP contribution is -1.81. The van der Waals surface area contributed by atoms with E-state index >= 15 is 0 Å². The molecule has 2 aromatic carbocycles. The fourth-order valence-corrected chi connectivity index (χ4v) is 2.58. The van der Waals surface area contributed by atoms with Crippen LogP contribution in [0.2, 0.25) is 0 Å². The summed E-state index contributed by atoms with van der Waals surface area (Å²) in [6.07, 6.45) is 0.894. The normalized spacial score (nSPS) is 11.6. The molecule has 0 atom stereocenters. The topological polar surface area (TPSA) is 60.7 Å². The molecule has 4 nitrogen and oxygen atoms in total. The molecule has 3 rings (SSSR count). The molecule has 0 aliphatic carbocycles. The van der Waals surface area contributed by atoms with Crippen molar-refractivity contribution in [2.24, 2.45) is 10.2 Å². The van der Waals surface area contributed by atoms with Crippen molar-refractivity contribution < 1.29 is 5.11 Å². The molecule has 0 aliphatic heterocycles. The van der Waals surface area contributed by atoms with Crippen LogP contribution < -0.4 is 0 Å². The predicted octanol–water partition coefficient (Wildman–Crippen LogP) is 5.47. The maximum atomic E-state index is 10.1. The van der Waals surface area contributed by atoms with Crippen LogP contribution in [0.15, 0.2) is 46.6 Å². The standard InChI is InChI=1S/C18H19N3O/c1-4-13-6-5-7-14-16(13)19-18(22)17(14)21-20-15-10-11(2)8-9-12(15)3/h5-10,19,22H,4H2,1-3H3. The molecule has 0 spiro atoms. The van der Waals surface area contributed by atoms with Gasteiger partial charge in [0.25, 0.3) is 0 Å². The summed E-state index contributed by atoms with van der Waals surface area (Å²) in [5.41, 5.74) is 5.59. The quantitative estimate of drug-likeness (QED) is 0.618. The predicted molar refractivity (Wildman–Crippen MR) is 89.4 cm³/mol. The lowest BCUT2D eigenvalue weighted by Gasteiger charge is -2.00. The minimum Gasteiger partial charge on any atom is -0.493 e. The van der Waals surface area contributed by atoms with Crippen LogP contribution in [0.5, 0.6) is 5.88 Å². The number of H-pyrrole nitrogens is 1. The molecule has 22 heavy (non-hydrogen) atoms. The number of nitrogens with one attached hydrogen (secondary N) is 1. The number of azo groups is 1. The van der Waals surface area contributed by atoms with Crippen LogP contribution in [0, 0.1) is 13.8 Å². The maximum absolute atomic E-state index is 10.1. The summed E-state index contributed by atoms with van der Waals surface area (Å²) < 4.78 is 0. The van der Waals surface area contributed by atoms with Gasteiger partial charge in [-0.15, -0.1) is 5.11 Å². The molecule has 0 saturated carbocycles. The molecule has 1 heterocycles. The molecule has 0 bridgehead atoms. The Morgan fingerprint density at radius 3 is 2.68 bits per heavy atom. The zero-order valence-corrected chi connectivity index (χ0v) is 13.0. The zero-order valence-electron chi connectivity index (χ0n) is 13.0. The minimum absolute atomic E-state index is 0.0601. The average molecular weight is 293 g/mol. The van der Waals surface area contributed by atoms with Gasteiger partial charge in [-0.1, -0.05) is 37.3 Å². The van der Waals surface area contributed by atoms with E-state index in [1.165, 1.54) is 0 Å². The lowest BCUT2D eigenvalue weighted by molar-refractivity contribution is 0.459. The second kappa shape index (κ2) is 5.64. The van der Waals surface area contributed by atoms with E-state index < -0.39 is 0 Å². The first-order valence-corrected chi connectivity index (χ1v) is 7.41. The van der Waals surface area contributed by atoms with Crippen LogP contribution >= 0.6 is 0 Å². The first kappa shape index (κ1) is 14.3. The Balaban J connectivity index is 2.09. The van der Waals surface area contributed by atoms with Gasteiger partial charge < -0.3 is 10.1 Å². The number of aryl methyl sites for hydroxylation is 3. The van der Waals surface area contributed by atoms with Crippen molar-refractivity contribution in [1.82, 2.24) is 4.98 Å². The SMILES string of the molecule is CCc1cccc2c(N=Nc3cc(C)ccc3C)c(O)[nH]c12. The summed E-state index contributed by atoms with van der Waals surface area (Å²) in [6.45, 7) is 6.11. The molecule has 0 amide bonds. The molecule has 0 aliphatic rings. The van der Waals surface area contributed by atoms with Crippen molar-refractivity contribution >= 4 is 22.3 Å². The van der Waals surface area contributed by atoms with Gasteiger partial charge in [0.15, 0.2) is 5.69 Å². The smallest absolute Gasteiger partial charge is 0.218 e. The van der Waals surface area contributed by atoms with E-state index in [9.17, 15) is 5.11 Å². The largest absolute Gasteiger partial charge is 0.493 e. The molecular formula is C18H19N3O. The minimum atomic E-state index is 0.0601. The van der Waals surface area contributed by atoms with Crippen molar-refractivity contribution in [3.63, 3.8) is 0 Å². The molecule has 4 heteroatoms. The van der Waals surface area contributed by atoms with Gasteiger partial charge in [0.2, 0.25) is 5.88 Å². The summed E-state index contributed by atoms with van der Waals surface area (Å²) in [4.78, 5) is 3.01. The summed E-state index contributed by atoms with van der Waals surface area (Å²) in [5, 5.41) is 19.6. The van der Waals surface area contributed by atoms with Crippen molar-refractivity contribution in [2.45, 2.75) is 27.2 Å². The highest BCUT2D eigenvalue weighted by molar-refractivity contribution is 5.96. The number of hydrogen-bond acceptors (Lipinski definition) is 3. The molecule has 0 saturated heterocycles. The number of nitrogens with zero attached hydrogens (tertiary/aromatic N) is 2. The zero-order chi connectivity index (χ0) is 15.7. The fourth-order valence-electron chi connectivity index (χ4n) is 2.58. The van der Waals surface area contributed by atoms with E-state index in [1.807, 2.05) is 50.2 Å². The number of rotatable bonds is 3. The van der Waals surface area contributed by atoms with Crippen LogP contribution in [-0.4, -0.2) is 10.1 Å². The molecule has 0 fully saturated rings. The van der Waals surface area contributed by atoms with Crippen molar-refractivity contribution in [1.29, 1.82) is 0 Å². The van der Waals surface area contributed by atoms with Gasteiger partial charge in [0.1, 0.15) is 0 Å². The Kier molecular flexibility index (Phi) is 3.67. The summed E-state index contributed by atoms with van der Waals surface area (Å²) in [6, 6.07) is 12.0. The van der Waals surface area contributed by atoms with Crippen LogP contribution in [0.25, 0.3) is 10.9 Å². The summed E-state index contributed by atoms with van der Waals surface area (Å²) in [5.74, 6) is 0.0601. The van der Waals surface area contributed by atoms with Crippen molar-refractivity contribution in [3.8, 4) is 5.88 Å². The van der Waals surface area contributed by atoms with E-state index in [4.69, 9.17) is 0 Å². The number of hydrogen-bond donors (Lipinski definition) is 2. The van der Waals surface area contributed by atoms with Gasteiger partial charge in [0.05, 0.1) is 11.2 Å². The molecule has 0 unspecified atom stereocenters. The van der Waals surface area contributed by atoms with E-state index in [1.54, 1.807) is 0 Å². The molecule has 0 radical (unpaired) electrons. The van der Waals surface area contributed by atoms with Crippen molar-refractivity contribution in [2.75, 3.05) is 0 Å². The molecular weight excluding hydrogens is 274 g/mol. The number of para-hydroxylation sites is 1. The van der Waals surface area contributed by atoms with E-state index in [0.29, 0.717) is 5.69 Å². The molecule has 2 N–H and O–H groups in total. The highest BCUT2D eigenvalue weighted by Crippen LogP contribution is 2.38. The third-order valence-electron chi connectivity index (χ3n) is 3.88. The fraction of sp³-hybridized carbons (Fsp3) is 0.222. The average Bonchev–Trinajstić information content (AvgIpc) is 2.83. The highest BCUT2D eigenvalue weighted by atomic mass is 16.3. The number of aromatic amines is 1. The number of fused-ring (bicyclic) bond motifs is 1. The second-order valence-corrected chi connectivity index (χ2v) is 5.51. The lowest BCUT2D eigenvalue weighted by atomic mass is 10.1. The van der Waals surface area contributed by atoms with Crippen molar-refractivity contribution in [3.05, 3.63) is 53.1 Å². The summed E-state index contributed by atoms with van der Waals surface area (Å²) >= 11 is 0. The Morgan fingerprint density at radius 1 is 1.09 bits per heavy atom. The first-order valence-electron chi connectivity index (χ1n) is 7.41. The van der Waals surface area contributed by atoms with E-state index in [2.05, 4.69) is 22.1 Å². The third kappa shape index (κ3) is 2.48. The maximum Gasteiger partial charge on any atom is 0.218 e. The van der Waals surface area contributed by atoms with E-state index in [-0.39, 0.29) is 5.88 Å². The number of aromatic nitrogens is 1. The van der Waals surface area contributed by atoms with Gasteiger partial charge in [-0.2, -0.15) is 5.11 Å². The monoisotopic (exact) mass is 293 g/mol. The van der Waals surface area contributed by atoms with Gasteiger partial charge in [-0.25, -0.2) is 0 Å². The summed E-state index contributed by atoms with van der Waals surface area (Å²) in [7, 11) is 0. The third-order valence-corrected chi connectivity index (χ3v) is 3.88. The first-order chi connectivity index (χ1) is 10.6. The van der Waals surface area contributed by atoms with Gasteiger partial charge >= 0.3 is 0 Å². The Bertz CT molecular complexity index is 862. The van der Waals surface area contributed by atoms with Crippen LogP contribution in [0.1, 0.15) is 23.6 Å². The highest BCUT2D eigenvalue weighted by Gasteiger charge is 2.12. The van der Waals surface area contributed by atoms with Crippen LogP contribution in [0.4, 0.5) is 11.4 Å². The number of aromatic hydroxyl groups is 1. The van der Waals surface area contributed by atoms with Gasteiger partial charge in [-0.05, 0) is 43.0 Å². The van der Waals surface area contributed by atoms with Crippen LogP contribution in [0.3, 0.4) is 0 Å². The van der Waals surface area contributed by atoms with Gasteiger partial charge in [0, 0.05) is 5.39 Å². The Morgan fingerprint density at radius 2 is 1.91 bits per heavy atom. The van der Waals surface area contributed by atoms with E-state index in [0.717, 1.165) is 39.7 Å². The van der Waals surface area contributed by atoms with Crippen LogP contribution in [-0.2, 0) is 6.42 Å².